The summed E-state index contributed by atoms with van der Waals surface area (Å²) in [5.41, 5.74) is 5.93. The molecule has 17 heavy (non-hydrogen) atoms. The largest absolute Gasteiger partial charge is 0.370 e. The summed E-state index contributed by atoms with van der Waals surface area (Å²) in [5, 5.41) is 0. The van der Waals surface area contributed by atoms with Crippen LogP contribution in [0.3, 0.4) is 0 Å². The molecule has 0 heterocycles. The molecule has 94 valence electrons. The zero-order valence-electron chi connectivity index (χ0n) is 10.0. The molecule has 2 nitrogen and oxygen atoms in total. The number of hydrogen-bond donors (Lipinski definition) is 1. The van der Waals surface area contributed by atoms with Gasteiger partial charge in [-0.25, -0.2) is 8.78 Å². The Balaban J connectivity index is 2.18. The van der Waals surface area contributed by atoms with E-state index in [-0.39, 0.29) is 12.2 Å². The standard InChI is InChI=1S/C13H18F2N2/c1-17(8-9-3-2-4-9)13-11(14)5-10(7-16)6-12(13)15/h5-6,9H,2-4,7-8,16H2,1H3. The monoisotopic (exact) mass is 240 g/mol. The molecule has 2 rings (SSSR count). The fourth-order valence-corrected chi connectivity index (χ4v) is 2.25. The van der Waals surface area contributed by atoms with Gasteiger partial charge >= 0.3 is 0 Å². The second-order valence-electron chi connectivity index (χ2n) is 4.79. The Bertz CT molecular complexity index is 379. The van der Waals surface area contributed by atoms with E-state index in [4.69, 9.17) is 5.73 Å². The zero-order valence-corrected chi connectivity index (χ0v) is 10.0. The van der Waals surface area contributed by atoms with Crippen LogP contribution < -0.4 is 10.6 Å². The molecule has 0 bridgehead atoms. The molecule has 1 saturated carbocycles. The molecule has 0 radical (unpaired) electrons. The van der Waals surface area contributed by atoms with Crippen molar-refractivity contribution >= 4 is 5.69 Å². The number of hydrogen-bond acceptors (Lipinski definition) is 2. The van der Waals surface area contributed by atoms with Crippen LogP contribution in [0.15, 0.2) is 12.1 Å². The van der Waals surface area contributed by atoms with Gasteiger partial charge in [-0.05, 0) is 36.5 Å². The minimum Gasteiger partial charge on any atom is -0.370 e. The van der Waals surface area contributed by atoms with Crippen molar-refractivity contribution in [3.05, 3.63) is 29.3 Å². The van der Waals surface area contributed by atoms with Crippen molar-refractivity contribution in [1.29, 1.82) is 0 Å². The number of rotatable bonds is 4. The highest BCUT2D eigenvalue weighted by Gasteiger charge is 2.22. The Morgan fingerprint density at radius 1 is 1.29 bits per heavy atom. The number of anilines is 1. The van der Waals surface area contributed by atoms with E-state index in [2.05, 4.69) is 0 Å². The van der Waals surface area contributed by atoms with Crippen molar-refractivity contribution < 1.29 is 8.78 Å². The Labute approximate surface area is 100 Å². The van der Waals surface area contributed by atoms with E-state index in [1.165, 1.54) is 18.6 Å². The van der Waals surface area contributed by atoms with Gasteiger partial charge in [0, 0.05) is 20.1 Å². The summed E-state index contributed by atoms with van der Waals surface area (Å²) in [5.74, 6) is -0.465. The van der Waals surface area contributed by atoms with Crippen molar-refractivity contribution in [3.8, 4) is 0 Å². The molecule has 0 saturated heterocycles. The third-order valence-electron chi connectivity index (χ3n) is 3.45. The second kappa shape index (κ2) is 5.00. The van der Waals surface area contributed by atoms with Crippen LogP contribution in [0.4, 0.5) is 14.5 Å². The summed E-state index contributed by atoms with van der Waals surface area (Å²) in [6, 6.07) is 2.63. The van der Waals surface area contributed by atoms with Crippen LogP contribution >= 0.6 is 0 Å². The summed E-state index contributed by atoms with van der Waals surface area (Å²) in [6.45, 7) is 0.871. The minimum atomic E-state index is -0.521. The number of halogens is 2. The van der Waals surface area contributed by atoms with Gasteiger partial charge in [0.2, 0.25) is 0 Å². The molecule has 0 atom stereocenters. The SMILES string of the molecule is CN(CC1CCC1)c1c(F)cc(CN)cc1F. The van der Waals surface area contributed by atoms with E-state index in [0.717, 1.165) is 19.4 Å². The molecule has 2 N–H and O–H groups in total. The van der Waals surface area contributed by atoms with E-state index < -0.39 is 11.6 Å². The fraction of sp³-hybridized carbons (Fsp3) is 0.538. The normalized spacial score (nSPS) is 15.8. The first-order valence-corrected chi connectivity index (χ1v) is 6.01. The maximum Gasteiger partial charge on any atom is 0.149 e. The van der Waals surface area contributed by atoms with Gasteiger partial charge in [0.15, 0.2) is 0 Å². The Kier molecular flexibility index (Phi) is 3.62. The Morgan fingerprint density at radius 3 is 2.29 bits per heavy atom. The van der Waals surface area contributed by atoms with Gasteiger partial charge in [0.1, 0.15) is 17.3 Å². The van der Waals surface area contributed by atoms with Crippen LogP contribution in [-0.2, 0) is 6.54 Å². The van der Waals surface area contributed by atoms with Crippen LogP contribution in [0, 0.1) is 17.6 Å². The molecular weight excluding hydrogens is 222 g/mol. The average Bonchev–Trinajstić information content (AvgIpc) is 2.22. The van der Waals surface area contributed by atoms with Gasteiger partial charge in [-0.1, -0.05) is 6.42 Å². The highest BCUT2D eigenvalue weighted by molar-refractivity contribution is 5.50. The summed E-state index contributed by atoms with van der Waals surface area (Å²) >= 11 is 0. The van der Waals surface area contributed by atoms with E-state index in [1.807, 2.05) is 0 Å². The lowest BCUT2D eigenvalue weighted by atomic mass is 9.85. The molecule has 0 spiro atoms. The lowest BCUT2D eigenvalue weighted by molar-refractivity contribution is 0.320. The maximum atomic E-state index is 13.8. The molecule has 1 aromatic carbocycles. The van der Waals surface area contributed by atoms with Gasteiger partial charge < -0.3 is 10.6 Å². The number of benzene rings is 1. The van der Waals surface area contributed by atoms with Gasteiger partial charge in [0.05, 0.1) is 0 Å². The fourth-order valence-electron chi connectivity index (χ4n) is 2.25. The van der Waals surface area contributed by atoms with E-state index in [0.29, 0.717) is 11.5 Å². The third kappa shape index (κ3) is 2.57. The van der Waals surface area contributed by atoms with Gasteiger partial charge in [-0.2, -0.15) is 0 Å². The Hall–Kier alpha value is -1.16. The molecule has 0 unspecified atom stereocenters. The highest BCUT2D eigenvalue weighted by atomic mass is 19.1. The summed E-state index contributed by atoms with van der Waals surface area (Å²) in [7, 11) is 1.74. The van der Waals surface area contributed by atoms with Gasteiger partial charge in [-0.15, -0.1) is 0 Å². The first kappa shape index (κ1) is 12.3. The molecule has 1 aromatic rings. The third-order valence-corrected chi connectivity index (χ3v) is 3.45. The summed E-state index contributed by atoms with van der Waals surface area (Å²) in [6.07, 6.45) is 3.55. The first-order valence-electron chi connectivity index (χ1n) is 6.01. The maximum absolute atomic E-state index is 13.8. The lowest BCUT2D eigenvalue weighted by Crippen LogP contribution is -2.30. The molecule has 0 amide bonds. The Morgan fingerprint density at radius 2 is 1.88 bits per heavy atom. The summed E-state index contributed by atoms with van der Waals surface area (Å²) in [4.78, 5) is 1.68. The van der Waals surface area contributed by atoms with Crippen molar-refractivity contribution in [3.63, 3.8) is 0 Å². The number of nitrogens with two attached hydrogens (primary N) is 1. The average molecular weight is 240 g/mol. The molecule has 1 aliphatic rings. The van der Waals surface area contributed by atoms with Crippen molar-refractivity contribution in [2.45, 2.75) is 25.8 Å². The molecule has 1 fully saturated rings. The van der Waals surface area contributed by atoms with E-state index in [1.54, 1.807) is 11.9 Å². The smallest absolute Gasteiger partial charge is 0.149 e. The van der Waals surface area contributed by atoms with Gasteiger partial charge in [0.25, 0.3) is 0 Å². The topological polar surface area (TPSA) is 29.3 Å². The minimum absolute atomic E-state index is 0.0640. The van der Waals surface area contributed by atoms with Crippen LogP contribution in [0.2, 0.25) is 0 Å². The van der Waals surface area contributed by atoms with E-state index >= 15 is 0 Å². The number of nitrogens with zero attached hydrogens (tertiary/aromatic N) is 1. The predicted octanol–water partition coefficient (Wildman–Crippen LogP) is 2.66. The summed E-state index contributed by atoms with van der Waals surface area (Å²) < 4.78 is 27.6. The highest BCUT2D eigenvalue weighted by Crippen LogP contribution is 2.30. The molecule has 4 heteroatoms. The first-order chi connectivity index (χ1) is 8.11. The molecule has 0 aliphatic heterocycles. The second-order valence-corrected chi connectivity index (χ2v) is 4.79. The predicted molar refractivity (Wildman–Crippen MR) is 64.9 cm³/mol. The molecule has 1 aliphatic carbocycles. The lowest BCUT2D eigenvalue weighted by Gasteiger charge is -2.31. The van der Waals surface area contributed by atoms with Crippen molar-refractivity contribution in [2.24, 2.45) is 11.7 Å². The zero-order chi connectivity index (χ0) is 12.4. The van der Waals surface area contributed by atoms with Crippen LogP contribution in [0.1, 0.15) is 24.8 Å². The van der Waals surface area contributed by atoms with Gasteiger partial charge in [-0.3, -0.25) is 0 Å². The quantitative estimate of drug-likeness (QED) is 0.876. The van der Waals surface area contributed by atoms with Crippen LogP contribution in [-0.4, -0.2) is 13.6 Å². The van der Waals surface area contributed by atoms with E-state index in [9.17, 15) is 8.78 Å². The van der Waals surface area contributed by atoms with Crippen molar-refractivity contribution in [2.75, 3.05) is 18.5 Å². The van der Waals surface area contributed by atoms with Crippen molar-refractivity contribution in [1.82, 2.24) is 0 Å². The van der Waals surface area contributed by atoms with Crippen LogP contribution in [0.5, 0.6) is 0 Å². The van der Waals surface area contributed by atoms with Crippen LogP contribution in [0.25, 0.3) is 0 Å². The molecular formula is C13H18F2N2. The molecule has 0 aromatic heterocycles.